The van der Waals surface area contributed by atoms with Gasteiger partial charge in [0, 0.05) is 24.0 Å². The first-order valence-electron chi connectivity index (χ1n) is 10.3. The average Bonchev–Trinajstić information content (AvgIpc) is 3.26. The van der Waals surface area contributed by atoms with Crippen LogP contribution < -0.4 is 10.2 Å². The van der Waals surface area contributed by atoms with E-state index in [1.165, 1.54) is 17.2 Å². The molecule has 0 unspecified atom stereocenters. The van der Waals surface area contributed by atoms with Crippen LogP contribution in [0.3, 0.4) is 0 Å². The van der Waals surface area contributed by atoms with Gasteiger partial charge in [0.05, 0.1) is 18.7 Å². The number of carbonyl (C=O) groups excluding carboxylic acids is 1. The van der Waals surface area contributed by atoms with Crippen LogP contribution in [0.5, 0.6) is 0 Å². The molecule has 0 saturated heterocycles. The number of aliphatic hydroxyl groups is 1. The van der Waals surface area contributed by atoms with E-state index in [1.54, 1.807) is 30.3 Å². The van der Waals surface area contributed by atoms with Crippen LogP contribution in [0.2, 0.25) is 0 Å². The van der Waals surface area contributed by atoms with Crippen molar-refractivity contribution in [3.63, 3.8) is 0 Å². The monoisotopic (exact) mass is 441 g/mol. The number of aromatic nitrogens is 1. The van der Waals surface area contributed by atoms with Crippen LogP contribution in [0.25, 0.3) is 0 Å². The number of hydrogen-bond donors (Lipinski definition) is 2. The summed E-state index contributed by atoms with van der Waals surface area (Å²) in [7, 11) is 0. The summed E-state index contributed by atoms with van der Waals surface area (Å²) in [4.78, 5) is 19.0. The Kier molecular flexibility index (Phi) is 6.14. The quantitative estimate of drug-likeness (QED) is 0.599. The molecule has 2 aromatic carbocycles. The van der Waals surface area contributed by atoms with E-state index in [2.05, 4.69) is 10.3 Å². The number of benzene rings is 2. The van der Waals surface area contributed by atoms with Gasteiger partial charge in [0.1, 0.15) is 5.82 Å². The minimum atomic E-state index is -4.41. The smallest absolute Gasteiger partial charge is 0.395 e. The van der Waals surface area contributed by atoms with Gasteiger partial charge in [0.2, 0.25) is 0 Å². The molecule has 0 radical (unpaired) electrons. The SMILES string of the molecule is O=C(c1cccc2c1CCN2)N(CCO)c1cc(Cc2cccc(C(F)(F)F)c2)ccn1. The zero-order valence-corrected chi connectivity index (χ0v) is 17.2. The summed E-state index contributed by atoms with van der Waals surface area (Å²) in [6.45, 7) is 0.554. The number of fused-ring (bicyclic) bond motifs is 1. The van der Waals surface area contributed by atoms with Crippen LogP contribution in [0.4, 0.5) is 24.7 Å². The predicted molar refractivity (Wildman–Crippen MR) is 116 cm³/mol. The van der Waals surface area contributed by atoms with Gasteiger partial charge in [-0.15, -0.1) is 0 Å². The third kappa shape index (κ3) is 4.60. The summed E-state index contributed by atoms with van der Waals surface area (Å²) >= 11 is 0. The lowest BCUT2D eigenvalue weighted by atomic mass is 10.0. The Hall–Kier alpha value is -3.39. The van der Waals surface area contributed by atoms with E-state index in [0.717, 1.165) is 36.3 Å². The Morgan fingerprint density at radius 1 is 1.09 bits per heavy atom. The highest BCUT2D eigenvalue weighted by molar-refractivity contribution is 6.07. The minimum absolute atomic E-state index is 0.0515. The van der Waals surface area contributed by atoms with E-state index >= 15 is 0 Å². The van der Waals surface area contributed by atoms with Crippen molar-refractivity contribution in [1.82, 2.24) is 4.98 Å². The molecule has 8 heteroatoms. The molecule has 0 fully saturated rings. The van der Waals surface area contributed by atoms with Crippen molar-refractivity contribution in [2.45, 2.75) is 19.0 Å². The molecule has 3 aromatic rings. The molecule has 5 nitrogen and oxygen atoms in total. The fourth-order valence-corrected chi connectivity index (χ4v) is 3.92. The molecule has 2 heterocycles. The summed E-state index contributed by atoms with van der Waals surface area (Å²) in [5, 5.41) is 12.8. The fraction of sp³-hybridized carbons (Fsp3) is 0.250. The maximum absolute atomic E-state index is 13.3. The number of carbonyl (C=O) groups is 1. The van der Waals surface area contributed by atoms with Crippen molar-refractivity contribution in [2.24, 2.45) is 0 Å². The maximum Gasteiger partial charge on any atom is 0.416 e. The molecular formula is C24H22F3N3O2. The number of anilines is 2. The zero-order chi connectivity index (χ0) is 22.7. The molecular weight excluding hydrogens is 419 g/mol. The van der Waals surface area contributed by atoms with Crippen LogP contribution in [0.1, 0.15) is 32.6 Å². The molecule has 1 amide bonds. The number of rotatable bonds is 6. The van der Waals surface area contributed by atoms with Crippen molar-refractivity contribution in [1.29, 1.82) is 0 Å². The minimum Gasteiger partial charge on any atom is -0.395 e. The highest BCUT2D eigenvalue weighted by atomic mass is 19.4. The molecule has 1 aliphatic heterocycles. The fourth-order valence-electron chi connectivity index (χ4n) is 3.92. The topological polar surface area (TPSA) is 65.5 Å². The molecule has 0 bridgehead atoms. The number of pyridine rings is 1. The highest BCUT2D eigenvalue weighted by Gasteiger charge is 2.30. The number of amides is 1. The highest BCUT2D eigenvalue weighted by Crippen LogP contribution is 2.31. The normalized spacial score (nSPS) is 12.9. The van der Waals surface area contributed by atoms with E-state index in [1.807, 2.05) is 6.07 Å². The van der Waals surface area contributed by atoms with E-state index in [9.17, 15) is 23.1 Å². The predicted octanol–water partition coefficient (Wildman–Crippen LogP) is 4.30. The van der Waals surface area contributed by atoms with Crippen molar-refractivity contribution < 1.29 is 23.1 Å². The first-order valence-corrected chi connectivity index (χ1v) is 10.3. The number of hydrogen-bond acceptors (Lipinski definition) is 4. The lowest BCUT2D eigenvalue weighted by Gasteiger charge is -2.22. The van der Waals surface area contributed by atoms with Crippen LogP contribution in [0.15, 0.2) is 60.8 Å². The first kappa shape index (κ1) is 21.8. The van der Waals surface area contributed by atoms with Gasteiger partial charge in [-0.1, -0.05) is 24.3 Å². The summed E-state index contributed by atoms with van der Waals surface area (Å²) in [6.07, 6.45) is -1.90. The van der Waals surface area contributed by atoms with Crippen molar-refractivity contribution >= 4 is 17.4 Å². The second-order valence-electron chi connectivity index (χ2n) is 7.59. The summed E-state index contributed by atoms with van der Waals surface area (Å²) in [6, 6.07) is 14.0. The number of nitrogens with one attached hydrogen (secondary N) is 1. The zero-order valence-electron chi connectivity index (χ0n) is 17.2. The van der Waals surface area contributed by atoms with Crippen LogP contribution in [0, 0.1) is 0 Å². The Balaban J connectivity index is 1.62. The van der Waals surface area contributed by atoms with E-state index in [0.29, 0.717) is 22.5 Å². The Morgan fingerprint density at radius 3 is 2.66 bits per heavy atom. The third-order valence-corrected chi connectivity index (χ3v) is 5.41. The van der Waals surface area contributed by atoms with Gasteiger partial charge in [0.25, 0.3) is 5.91 Å². The molecule has 0 saturated carbocycles. The molecule has 0 spiro atoms. The van der Waals surface area contributed by atoms with Crippen molar-refractivity contribution in [2.75, 3.05) is 29.9 Å². The molecule has 166 valence electrons. The lowest BCUT2D eigenvalue weighted by Crippen LogP contribution is -2.34. The van der Waals surface area contributed by atoms with Crippen molar-refractivity contribution in [3.8, 4) is 0 Å². The number of halogens is 3. The number of nitrogens with zero attached hydrogens (tertiary/aromatic N) is 2. The summed E-state index contributed by atoms with van der Waals surface area (Å²) in [5.74, 6) is 0.0698. The largest absolute Gasteiger partial charge is 0.416 e. The molecule has 4 rings (SSSR count). The van der Waals surface area contributed by atoms with Gasteiger partial charge >= 0.3 is 6.18 Å². The first-order chi connectivity index (χ1) is 15.4. The Labute approximate surface area is 183 Å². The number of alkyl halides is 3. The molecule has 1 aliphatic rings. The van der Waals surface area contributed by atoms with Crippen molar-refractivity contribution in [3.05, 3.63) is 88.6 Å². The van der Waals surface area contributed by atoms with Gasteiger partial charge < -0.3 is 10.4 Å². The van der Waals surface area contributed by atoms with Crippen LogP contribution in [-0.4, -0.2) is 35.7 Å². The molecule has 0 aliphatic carbocycles. The maximum atomic E-state index is 13.3. The standard InChI is InChI=1S/C24H22F3N3O2/c25-24(26,27)18-4-1-3-16(14-18)13-17-7-9-29-22(15-17)30(11-12-31)23(32)20-5-2-6-21-19(20)8-10-28-21/h1-7,9,14-15,28,31H,8,10-13H2. The van der Waals surface area contributed by atoms with Gasteiger partial charge in [0.15, 0.2) is 0 Å². The second-order valence-corrected chi connectivity index (χ2v) is 7.59. The second kappa shape index (κ2) is 9.00. The van der Waals surface area contributed by atoms with Crippen LogP contribution in [-0.2, 0) is 19.0 Å². The molecule has 1 aromatic heterocycles. The molecule has 2 N–H and O–H groups in total. The lowest BCUT2D eigenvalue weighted by molar-refractivity contribution is -0.137. The van der Waals surface area contributed by atoms with Gasteiger partial charge in [-0.05, 0) is 59.9 Å². The van der Waals surface area contributed by atoms with E-state index in [-0.39, 0.29) is 25.5 Å². The van der Waals surface area contributed by atoms with Gasteiger partial charge in [-0.2, -0.15) is 13.2 Å². The van der Waals surface area contributed by atoms with E-state index < -0.39 is 11.7 Å². The summed E-state index contributed by atoms with van der Waals surface area (Å²) < 4.78 is 39.1. The molecule has 0 atom stereocenters. The Morgan fingerprint density at radius 2 is 1.88 bits per heavy atom. The molecule has 32 heavy (non-hydrogen) atoms. The average molecular weight is 441 g/mol. The van der Waals surface area contributed by atoms with E-state index in [4.69, 9.17) is 0 Å². The van der Waals surface area contributed by atoms with Crippen LogP contribution >= 0.6 is 0 Å². The van der Waals surface area contributed by atoms with Gasteiger partial charge in [-0.25, -0.2) is 4.98 Å². The van der Waals surface area contributed by atoms with Gasteiger partial charge in [-0.3, -0.25) is 9.69 Å². The third-order valence-electron chi connectivity index (χ3n) is 5.41. The summed E-state index contributed by atoms with van der Waals surface area (Å²) in [5.41, 5.74) is 2.92. The Bertz CT molecular complexity index is 1130. The number of aliphatic hydroxyl groups excluding tert-OH is 1.